The van der Waals surface area contributed by atoms with Crippen LogP contribution >= 0.6 is 0 Å². The Hall–Kier alpha value is -4.04. The molecule has 4 N–H and O–H groups in total. The minimum atomic E-state index is -0.593. The van der Waals surface area contributed by atoms with Crippen molar-refractivity contribution in [1.29, 1.82) is 0 Å². The van der Waals surface area contributed by atoms with E-state index in [0.29, 0.717) is 17.5 Å². The van der Waals surface area contributed by atoms with E-state index in [2.05, 4.69) is 25.5 Å². The molecule has 0 saturated carbocycles. The predicted molar refractivity (Wildman–Crippen MR) is 120 cm³/mol. The molecule has 32 heavy (non-hydrogen) atoms. The van der Waals surface area contributed by atoms with Gasteiger partial charge >= 0.3 is 0 Å². The zero-order valence-electron chi connectivity index (χ0n) is 17.0. The Morgan fingerprint density at radius 1 is 1.12 bits per heavy atom. The topological polar surface area (TPSA) is 107 Å². The molecule has 0 saturated heterocycles. The van der Waals surface area contributed by atoms with Gasteiger partial charge in [-0.05, 0) is 29.0 Å². The SMILES string of the molecule is O=C(N[C@H](CO)Cc1cnc[nH]1)c1cc(F)c2n[nH]c(-c3ccc4ccccc4c3)c2c1. The number of aromatic amines is 2. The number of hydrogen-bond acceptors (Lipinski definition) is 4. The largest absolute Gasteiger partial charge is 0.394 e. The fraction of sp³-hybridized carbons (Fsp3) is 0.125. The van der Waals surface area contributed by atoms with Crippen LogP contribution in [0.25, 0.3) is 32.9 Å². The van der Waals surface area contributed by atoms with Crippen molar-refractivity contribution in [3.8, 4) is 11.3 Å². The zero-order valence-corrected chi connectivity index (χ0v) is 17.0. The van der Waals surface area contributed by atoms with Crippen molar-refractivity contribution in [3.05, 3.63) is 84.2 Å². The van der Waals surface area contributed by atoms with Crippen molar-refractivity contribution < 1.29 is 14.3 Å². The Bertz CT molecular complexity index is 1410. The molecule has 0 spiro atoms. The van der Waals surface area contributed by atoms with E-state index in [9.17, 15) is 14.3 Å². The van der Waals surface area contributed by atoms with Crippen LogP contribution < -0.4 is 5.32 Å². The lowest BCUT2D eigenvalue weighted by molar-refractivity contribution is 0.0916. The Labute approximate surface area is 182 Å². The third kappa shape index (κ3) is 3.72. The van der Waals surface area contributed by atoms with E-state index in [-0.39, 0.29) is 17.7 Å². The summed E-state index contributed by atoms with van der Waals surface area (Å²) in [6.07, 6.45) is 3.53. The molecular formula is C24H20FN5O2. The molecule has 3 aromatic carbocycles. The summed E-state index contributed by atoms with van der Waals surface area (Å²) < 4.78 is 14.8. The number of carbonyl (C=O) groups excluding carboxylic acids is 1. The smallest absolute Gasteiger partial charge is 0.251 e. The second-order valence-corrected chi connectivity index (χ2v) is 7.65. The van der Waals surface area contributed by atoms with Gasteiger partial charge in [0.25, 0.3) is 5.91 Å². The standard InChI is InChI=1S/C24H20FN5O2/c25-21-9-17(24(32)28-19(12-31)10-18-11-26-13-27-18)8-20-22(29-30-23(20)21)16-6-5-14-3-1-2-4-15(14)7-16/h1-9,11,13,19,31H,10,12H2,(H,26,27)(H,28,32)(H,29,30)/t19-/m0/s1. The Balaban J connectivity index is 1.48. The van der Waals surface area contributed by atoms with Gasteiger partial charge in [-0.2, -0.15) is 5.10 Å². The Morgan fingerprint density at radius 3 is 2.75 bits per heavy atom. The third-order valence-corrected chi connectivity index (χ3v) is 5.49. The van der Waals surface area contributed by atoms with Gasteiger partial charge < -0.3 is 15.4 Å². The number of aliphatic hydroxyl groups excluding tert-OH is 1. The van der Waals surface area contributed by atoms with E-state index in [1.807, 2.05) is 42.5 Å². The molecular weight excluding hydrogens is 409 g/mol. The quantitative estimate of drug-likeness (QED) is 0.331. The van der Waals surface area contributed by atoms with Gasteiger partial charge in [-0.15, -0.1) is 0 Å². The molecule has 0 aliphatic rings. The maximum absolute atomic E-state index is 14.8. The predicted octanol–water partition coefficient (Wildman–Crippen LogP) is 3.58. The van der Waals surface area contributed by atoms with Gasteiger partial charge in [-0.3, -0.25) is 9.89 Å². The first-order valence-corrected chi connectivity index (χ1v) is 10.2. The summed E-state index contributed by atoms with van der Waals surface area (Å²) >= 11 is 0. The van der Waals surface area contributed by atoms with Gasteiger partial charge in [-0.1, -0.05) is 36.4 Å². The Morgan fingerprint density at radius 2 is 1.97 bits per heavy atom. The molecule has 0 aliphatic heterocycles. The molecule has 0 bridgehead atoms. The van der Waals surface area contributed by atoms with Gasteiger partial charge in [0, 0.05) is 34.8 Å². The number of nitrogens with zero attached hydrogens (tertiary/aromatic N) is 2. The highest BCUT2D eigenvalue weighted by Crippen LogP contribution is 2.31. The monoisotopic (exact) mass is 429 g/mol. The average molecular weight is 429 g/mol. The summed E-state index contributed by atoms with van der Waals surface area (Å²) in [4.78, 5) is 19.7. The first kappa shape index (κ1) is 19.9. The normalized spacial score (nSPS) is 12.3. The van der Waals surface area contributed by atoms with Crippen molar-refractivity contribution in [2.24, 2.45) is 0 Å². The second-order valence-electron chi connectivity index (χ2n) is 7.65. The van der Waals surface area contributed by atoms with Gasteiger partial charge in [0.05, 0.1) is 24.7 Å². The fourth-order valence-electron chi connectivity index (χ4n) is 3.86. The molecule has 1 amide bonds. The molecule has 1 atom stereocenters. The second kappa shape index (κ2) is 8.24. The molecule has 7 nitrogen and oxygen atoms in total. The number of benzene rings is 3. The van der Waals surface area contributed by atoms with Crippen LogP contribution in [0.3, 0.4) is 0 Å². The fourth-order valence-corrected chi connectivity index (χ4v) is 3.86. The van der Waals surface area contributed by atoms with Crippen molar-refractivity contribution in [1.82, 2.24) is 25.5 Å². The highest BCUT2D eigenvalue weighted by atomic mass is 19.1. The van der Waals surface area contributed by atoms with E-state index in [1.165, 1.54) is 6.33 Å². The number of amides is 1. The lowest BCUT2D eigenvalue weighted by atomic mass is 10.0. The van der Waals surface area contributed by atoms with Gasteiger partial charge in [-0.25, -0.2) is 9.37 Å². The number of H-pyrrole nitrogens is 2. The number of nitrogens with one attached hydrogen (secondary N) is 3. The van der Waals surface area contributed by atoms with Crippen LogP contribution in [0.2, 0.25) is 0 Å². The van der Waals surface area contributed by atoms with Crippen LogP contribution in [0.4, 0.5) is 4.39 Å². The molecule has 2 aromatic heterocycles. The number of halogens is 1. The molecule has 0 aliphatic carbocycles. The van der Waals surface area contributed by atoms with Crippen molar-refractivity contribution >= 4 is 27.6 Å². The number of fused-ring (bicyclic) bond motifs is 2. The summed E-state index contributed by atoms with van der Waals surface area (Å²) in [5, 5.41) is 22.1. The maximum atomic E-state index is 14.8. The summed E-state index contributed by atoms with van der Waals surface area (Å²) in [5.41, 5.74) is 2.58. The van der Waals surface area contributed by atoms with Gasteiger partial charge in [0.15, 0.2) is 5.82 Å². The van der Waals surface area contributed by atoms with Crippen LogP contribution in [0.1, 0.15) is 16.1 Å². The summed E-state index contributed by atoms with van der Waals surface area (Å²) in [6, 6.07) is 16.1. The number of imidazole rings is 1. The lowest BCUT2D eigenvalue weighted by Crippen LogP contribution is -2.39. The molecule has 5 aromatic rings. The number of hydrogen-bond donors (Lipinski definition) is 4. The van der Waals surface area contributed by atoms with E-state index in [4.69, 9.17) is 0 Å². The molecule has 0 radical (unpaired) electrons. The van der Waals surface area contributed by atoms with E-state index in [1.54, 1.807) is 12.3 Å². The molecule has 0 unspecified atom stereocenters. The summed E-state index contributed by atoms with van der Waals surface area (Å²) in [5.74, 6) is -1.07. The van der Waals surface area contributed by atoms with E-state index >= 15 is 0 Å². The zero-order chi connectivity index (χ0) is 22.1. The maximum Gasteiger partial charge on any atom is 0.251 e. The van der Waals surface area contributed by atoms with Crippen LogP contribution in [0, 0.1) is 5.82 Å². The van der Waals surface area contributed by atoms with E-state index in [0.717, 1.165) is 28.1 Å². The number of aromatic nitrogens is 4. The average Bonchev–Trinajstić information content (AvgIpc) is 3.48. The first-order chi connectivity index (χ1) is 15.6. The highest BCUT2D eigenvalue weighted by molar-refractivity contribution is 6.02. The number of rotatable bonds is 6. The molecule has 160 valence electrons. The number of carbonyl (C=O) groups is 1. The first-order valence-electron chi connectivity index (χ1n) is 10.2. The highest BCUT2D eigenvalue weighted by Gasteiger charge is 2.19. The minimum Gasteiger partial charge on any atom is -0.394 e. The van der Waals surface area contributed by atoms with Crippen molar-refractivity contribution in [2.75, 3.05) is 6.61 Å². The Kier molecular flexibility index (Phi) is 5.12. The molecule has 2 heterocycles. The molecule has 0 fully saturated rings. The van der Waals surface area contributed by atoms with E-state index < -0.39 is 17.8 Å². The van der Waals surface area contributed by atoms with Gasteiger partial charge in [0.2, 0.25) is 0 Å². The minimum absolute atomic E-state index is 0.154. The van der Waals surface area contributed by atoms with Crippen LogP contribution in [-0.4, -0.2) is 43.8 Å². The van der Waals surface area contributed by atoms with Crippen molar-refractivity contribution in [3.63, 3.8) is 0 Å². The van der Waals surface area contributed by atoms with Crippen LogP contribution in [0.15, 0.2) is 67.1 Å². The van der Waals surface area contributed by atoms with Gasteiger partial charge in [0.1, 0.15) is 5.52 Å². The third-order valence-electron chi connectivity index (χ3n) is 5.49. The lowest BCUT2D eigenvalue weighted by Gasteiger charge is -2.15. The summed E-state index contributed by atoms with van der Waals surface area (Å²) in [7, 11) is 0. The molecule has 5 rings (SSSR count). The summed E-state index contributed by atoms with van der Waals surface area (Å²) in [6.45, 7) is -0.260. The molecule has 8 heteroatoms. The van der Waals surface area contributed by atoms with Crippen LogP contribution in [-0.2, 0) is 6.42 Å². The number of aliphatic hydroxyl groups is 1. The van der Waals surface area contributed by atoms with Crippen LogP contribution in [0.5, 0.6) is 0 Å². The van der Waals surface area contributed by atoms with Crippen molar-refractivity contribution in [2.45, 2.75) is 12.5 Å².